The van der Waals surface area contributed by atoms with Crippen molar-refractivity contribution >= 4 is 94.2 Å². The molecule has 70 heavy (non-hydrogen) atoms. The van der Waals surface area contributed by atoms with Crippen LogP contribution in [0.5, 0.6) is 0 Å². The average molecular weight is 908 g/mol. The van der Waals surface area contributed by atoms with Crippen LogP contribution < -0.4 is 20.7 Å². The molecule has 0 radical (unpaired) electrons. The van der Waals surface area contributed by atoms with Gasteiger partial charge in [0, 0.05) is 38.2 Å². The van der Waals surface area contributed by atoms with E-state index in [1.54, 1.807) is 0 Å². The van der Waals surface area contributed by atoms with Gasteiger partial charge in [-0.15, -0.1) is 0 Å². The monoisotopic (exact) mass is 907 g/mol. The summed E-state index contributed by atoms with van der Waals surface area (Å²) >= 11 is 0. The van der Waals surface area contributed by atoms with Gasteiger partial charge in [-0.05, 0) is 96.6 Å². The Morgan fingerprint density at radius 3 is 1.39 bits per heavy atom. The fourth-order valence-corrected chi connectivity index (χ4v) is 15.5. The summed E-state index contributed by atoms with van der Waals surface area (Å²) in [6.45, 7) is 0. The molecule has 13 aromatic rings. The predicted octanol–water partition coefficient (Wildman–Crippen LogP) is 12.7. The van der Waals surface area contributed by atoms with Crippen molar-refractivity contribution in [1.82, 2.24) is 19.5 Å². The molecule has 3 aromatic heterocycles. The Morgan fingerprint density at radius 1 is 0.357 bits per heavy atom. The molecule has 326 valence electrons. The Kier molecular flexibility index (Phi) is 9.82. The lowest BCUT2D eigenvalue weighted by Gasteiger charge is -2.34. The minimum Gasteiger partial charge on any atom is -0.309 e. The molecule has 3 heterocycles. The Hall–Kier alpha value is -9.28. The fraction of sp³-hybridized carbons (Fsp3) is 0. The number of nitrogens with zero attached hydrogens (tertiary/aromatic N) is 5. The van der Waals surface area contributed by atoms with Crippen molar-refractivity contribution in [3.63, 3.8) is 0 Å². The molecule has 10 aromatic carbocycles. The molecule has 0 spiro atoms. The van der Waals surface area contributed by atoms with E-state index in [4.69, 9.17) is 15.0 Å². The third-order valence-corrected chi connectivity index (χ3v) is 18.8. The number of rotatable bonds is 7. The van der Waals surface area contributed by atoms with E-state index in [0.717, 1.165) is 76.5 Å². The predicted molar refractivity (Wildman–Crippen MR) is 292 cm³/mol. The number of hydrogen-bond donors (Lipinski definition) is 0. The molecular formula is C64H41N5Si. The lowest BCUT2D eigenvalue weighted by atomic mass is 9.98. The van der Waals surface area contributed by atoms with Crippen molar-refractivity contribution in [2.45, 2.75) is 0 Å². The van der Waals surface area contributed by atoms with Crippen LogP contribution >= 0.6 is 0 Å². The Labute approximate surface area is 405 Å². The molecule has 0 unspecified atom stereocenters. The van der Waals surface area contributed by atoms with E-state index >= 15 is 0 Å². The summed E-state index contributed by atoms with van der Waals surface area (Å²) < 4.78 is 2.40. The number of aromatic nitrogens is 4. The highest BCUT2D eigenvalue weighted by atomic mass is 28.3. The SMILES string of the molecule is N#Cc1ccc(-c2ccc3c(c2)c2cc4cc(c5ccccc5c5nc(-c6ccc([Si](c7ccccc7)(c7ccccc7)c7ccccc7)cc6)nc(n5)c5ccccc45)c2n3-c2ccccc2)cc1. The maximum atomic E-state index is 9.55. The molecule has 5 nitrogen and oxygen atoms in total. The van der Waals surface area contributed by atoms with E-state index < -0.39 is 8.07 Å². The van der Waals surface area contributed by atoms with Crippen LogP contribution in [0.1, 0.15) is 5.56 Å². The van der Waals surface area contributed by atoms with Crippen LogP contribution in [-0.2, 0) is 0 Å². The smallest absolute Gasteiger partial charge is 0.179 e. The molecule has 0 fully saturated rings. The van der Waals surface area contributed by atoms with Crippen LogP contribution in [0.25, 0.3) is 93.6 Å². The van der Waals surface area contributed by atoms with E-state index in [1.807, 2.05) is 24.3 Å². The van der Waals surface area contributed by atoms with Gasteiger partial charge in [-0.1, -0.05) is 200 Å². The maximum absolute atomic E-state index is 9.55. The summed E-state index contributed by atoms with van der Waals surface area (Å²) in [6, 6.07) is 91.2. The number of benzene rings is 10. The van der Waals surface area contributed by atoms with E-state index in [-0.39, 0.29) is 0 Å². The van der Waals surface area contributed by atoms with Crippen LogP contribution in [0.4, 0.5) is 0 Å². The Balaban J connectivity index is 1.09. The molecule has 13 rings (SSSR count). The van der Waals surface area contributed by atoms with Gasteiger partial charge in [-0.3, -0.25) is 0 Å². The Bertz CT molecular complexity index is 4110. The molecule has 0 saturated carbocycles. The minimum absolute atomic E-state index is 0.613. The molecule has 0 N–H and O–H groups in total. The van der Waals surface area contributed by atoms with Gasteiger partial charge in [-0.2, -0.15) is 5.26 Å². The van der Waals surface area contributed by atoms with E-state index in [1.165, 1.54) is 20.7 Å². The van der Waals surface area contributed by atoms with Crippen molar-refractivity contribution in [3.05, 3.63) is 254 Å². The summed E-state index contributed by atoms with van der Waals surface area (Å²) in [5.41, 5.74) is 8.19. The molecule has 0 saturated heterocycles. The standard InChI is InChI=1S/C64H41N5Si/c65-42-43-29-31-44(32-30-43)46-35-38-60-57(39-46)59-41-47-40-58(61(59)69(60)48-17-5-1-6-18-48)54-26-14-16-28-56(54)64-67-62(66-63(68-64)55-27-15-13-25-53(47)55)45-33-36-52(37-34-45)70(49-19-7-2-8-20-49,50-21-9-3-10-22-50)51-23-11-4-12-24-51/h1-41H. The molecule has 0 aliphatic carbocycles. The van der Waals surface area contributed by atoms with Gasteiger partial charge in [0.05, 0.1) is 22.7 Å². The third-order valence-electron chi connectivity index (χ3n) is 14.0. The van der Waals surface area contributed by atoms with E-state index in [2.05, 4.69) is 235 Å². The van der Waals surface area contributed by atoms with Crippen molar-refractivity contribution < 1.29 is 0 Å². The lowest BCUT2D eigenvalue weighted by molar-refractivity contribution is 1.18. The summed E-state index contributed by atoms with van der Waals surface area (Å²) in [6.07, 6.45) is 0. The third kappa shape index (κ3) is 6.63. The summed E-state index contributed by atoms with van der Waals surface area (Å²) in [7, 11) is -2.75. The highest BCUT2D eigenvalue weighted by molar-refractivity contribution is 7.19. The lowest BCUT2D eigenvalue weighted by Crippen LogP contribution is -2.74. The zero-order valence-electron chi connectivity index (χ0n) is 37.9. The van der Waals surface area contributed by atoms with Gasteiger partial charge in [-0.25, -0.2) is 15.0 Å². The van der Waals surface area contributed by atoms with Gasteiger partial charge >= 0.3 is 0 Å². The van der Waals surface area contributed by atoms with Crippen molar-refractivity contribution in [2.24, 2.45) is 0 Å². The number of fused-ring (bicyclic) bond motifs is 14. The van der Waals surface area contributed by atoms with Crippen LogP contribution in [0, 0.1) is 11.3 Å². The second-order valence-electron chi connectivity index (χ2n) is 17.8. The molecular weight excluding hydrogens is 867 g/mol. The largest absolute Gasteiger partial charge is 0.309 e. The van der Waals surface area contributed by atoms with Gasteiger partial charge in [0.15, 0.2) is 25.2 Å². The number of hydrogen-bond acceptors (Lipinski definition) is 4. The normalized spacial score (nSPS) is 11.7. The topological polar surface area (TPSA) is 67.4 Å². The minimum atomic E-state index is -2.75. The van der Waals surface area contributed by atoms with Gasteiger partial charge < -0.3 is 4.57 Å². The van der Waals surface area contributed by atoms with Crippen molar-refractivity contribution in [3.8, 4) is 34.3 Å². The first-order valence-electron chi connectivity index (χ1n) is 23.6. The first kappa shape index (κ1) is 40.9. The van der Waals surface area contributed by atoms with Gasteiger partial charge in [0.2, 0.25) is 0 Å². The van der Waals surface area contributed by atoms with Crippen molar-refractivity contribution in [1.29, 1.82) is 5.26 Å². The van der Waals surface area contributed by atoms with Crippen molar-refractivity contribution in [2.75, 3.05) is 0 Å². The molecule has 0 aliphatic heterocycles. The average Bonchev–Trinajstić information content (AvgIpc) is 3.77. The first-order chi connectivity index (χ1) is 34.7. The number of nitriles is 1. The summed E-state index contributed by atoms with van der Waals surface area (Å²) in [5, 5.41) is 23.1. The summed E-state index contributed by atoms with van der Waals surface area (Å²) in [4.78, 5) is 16.1. The molecule has 0 amide bonds. The van der Waals surface area contributed by atoms with Crippen LogP contribution in [0.2, 0.25) is 0 Å². The fourth-order valence-electron chi connectivity index (χ4n) is 10.8. The van der Waals surface area contributed by atoms with Gasteiger partial charge in [0.25, 0.3) is 0 Å². The zero-order valence-corrected chi connectivity index (χ0v) is 38.9. The quantitative estimate of drug-likeness (QED) is 0.118. The molecule has 0 aliphatic rings. The Morgan fingerprint density at radius 2 is 0.814 bits per heavy atom. The maximum Gasteiger partial charge on any atom is 0.179 e. The van der Waals surface area contributed by atoms with Crippen LogP contribution in [0.15, 0.2) is 249 Å². The first-order valence-corrected chi connectivity index (χ1v) is 25.6. The van der Waals surface area contributed by atoms with E-state index in [9.17, 15) is 5.26 Å². The zero-order chi connectivity index (χ0) is 46.6. The van der Waals surface area contributed by atoms with Crippen LogP contribution in [0.3, 0.4) is 0 Å². The molecule has 0 atom stereocenters. The second-order valence-corrected chi connectivity index (χ2v) is 21.6. The van der Waals surface area contributed by atoms with Gasteiger partial charge in [0.1, 0.15) is 0 Å². The molecule has 4 bridgehead atoms. The van der Waals surface area contributed by atoms with E-state index in [0.29, 0.717) is 22.7 Å². The molecule has 6 heteroatoms. The highest BCUT2D eigenvalue weighted by Gasteiger charge is 2.41. The van der Waals surface area contributed by atoms with Crippen LogP contribution in [-0.4, -0.2) is 27.6 Å². The summed E-state index contributed by atoms with van der Waals surface area (Å²) in [5.74, 6) is 0.616. The number of para-hydroxylation sites is 1. The highest BCUT2D eigenvalue weighted by Crippen LogP contribution is 2.41. The second kappa shape index (κ2) is 16.8.